The van der Waals surface area contributed by atoms with Gasteiger partial charge in [0.05, 0.1) is 12.2 Å². The Kier molecular flexibility index (Phi) is 5.72. The Morgan fingerprint density at radius 1 is 1.36 bits per heavy atom. The van der Waals surface area contributed by atoms with Gasteiger partial charge in [0.15, 0.2) is 5.82 Å². The molecule has 1 amide bonds. The van der Waals surface area contributed by atoms with Crippen LogP contribution in [0.2, 0.25) is 0 Å². The first-order valence-electron chi connectivity index (χ1n) is 8.59. The van der Waals surface area contributed by atoms with Crippen LogP contribution in [-0.2, 0) is 4.74 Å². The summed E-state index contributed by atoms with van der Waals surface area (Å²) in [5.74, 6) is 0.467. The highest BCUT2D eigenvalue weighted by molar-refractivity contribution is 5.94. The van der Waals surface area contributed by atoms with Crippen molar-refractivity contribution in [3.05, 3.63) is 36.5 Å². The molecule has 3 heterocycles. The first kappa shape index (κ1) is 17.5. The highest BCUT2D eigenvalue weighted by atomic mass is 16.5. The van der Waals surface area contributed by atoms with Gasteiger partial charge in [0.1, 0.15) is 12.7 Å². The van der Waals surface area contributed by atoms with Crippen molar-refractivity contribution in [2.24, 2.45) is 0 Å². The van der Waals surface area contributed by atoms with Gasteiger partial charge in [-0.15, -0.1) is 0 Å². The largest absolute Gasteiger partial charge is 0.373 e. The Balaban J connectivity index is 1.46. The standard InChI is InChI=1S/C17H24N6O2/c1-13-9-22(10-14(2)25-13)7-3-5-20-17(24)15-4-6-19-16(8-15)23-12-18-11-21-23/h4,6,8,11-14H,3,5,7,9-10H2,1-2H3,(H,20,24)/t13-,14+. The molecular weight excluding hydrogens is 320 g/mol. The van der Waals surface area contributed by atoms with Crippen molar-refractivity contribution in [3.63, 3.8) is 0 Å². The predicted octanol–water partition coefficient (Wildman–Crippen LogP) is 0.891. The molecule has 3 rings (SSSR count). The van der Waals surface area contributed by atoms with Gasteiger partial charge in [-0.3, -0.25) is 9.69 Å². The van der Waals surface area contributed by atoms with E-state index in [1.54, 1.807) is 24.7 Å². The number of rotatable bonds is 6. The highest BCUT2D eigenvalue weighted by Crippen LogP contribution is 2.10. The van der Waals surface area contributed by atoms with E-state index in [2.05, 4.69) is 39.1 Å². The second-order valence-electron chi connectivity index (χ2n) is 6.37. The van der Waals surface area contributed by atoms with E-state index in [1.807, 2.05) is 0 Å². The summed E-state index contributed by atoms with van der Waals surface area (Å²) < 4.78 is 7.26. The minimum absolute atomic E-state index is 0.104. The maximum absolute atomic E-state index is 12.3. The van der Waals surface area contributed by atoms with Crippen LogP contribution in [0.25, 0.3) is 5.82 Å². The molecule has 2 aromatic rings. The summed E-state index contributed by atoms with van der Waals surface area (Å²) >= 11 is 0. The summed E-state index contributed by atoms with van der Waals surface area (Å²) in [4.78, 5) is 22.8. The maximum Gasteiger partial charge on any atom is 0.251 e. The van der Waals surface area contributed by atoms with E-state index < -0.39 is 0 Å². The van der Waals surface area contributed by atoms with E-state index in [1.165, 1.54) is 11.0 Å². The fourth-order valence-corrected chi connectivity index (χ4v) is 3.09. The molecule has 134 valence electrons. The van der Waals surface area contributed by atoms with Crippen molar-refractivity contribution in [2.45, 2.75) is 32.5 Å². The summed E-state index contributed by atoms with van der Waals surface area (Å²) in [5.41, 5.74) is 0.564. The molecule has 1 N–H and O–H groups in total. The van der Waals surface area contributed by atoms with Crippen molar-refractivity contribution in [2.75, 3.05) is 26.2 Å². The SMILES string of the molecule is C[C@@H]1CN(CCCNC(=O)c2ccnc(-n3cncn3)c2)C[C@H](C)O1. The number of ether oxygens (including phenoxy) is 1. The van der Waals surface area contributed by atoms with Gasteiger partial charge in [-0.05, 0) is 32.4 Å². The lowest BCUT2D eigenvalue weighted by Gasteiger charge is -2.35. The quantitative estimate of drug-likeness (QED) is 0.784. The zero-order valence-electron chi connectivity index (χ0n) is 14.6. The zero-order valence-corrected chi connectivity index (χ0v) is 14.6. The number of morpholine rings is 1. The molecule has 0 aromatic carbocycles. The van der Waals surface area contributed by atoms with E-state index in [0.717, 1.165) is 26.1 Å². The van der Waals surface area contributed by atoms with Crippen molar-refractivity contribution >= 4 is 5.91 Å². The fraction of sp³-hybridized carbons (Fsp3) is 0.529. The Morgan fingerprint density at radius 3 is 2.88 bits per heavy atom. The van der Waals surface area contributed by atoms with Crippen molar-refractivity contribution in [1.29, 1.82) is 0 Å². The van der Waals surface area contributed by atoms with E-state index in [-0.39, 0.29) is 18.1 Å². The Labute approximate surface area is 147 Å². The van der Waals surface area contributed by atoms with Crippen molar-refractivity contribution < 1.29 is 9.53 Å². The van der Waals surface area contributed by atoms with Gasteiger partial charge in [0.2, 0.25) is 0 Å². The number of amides is 1. The number of aromatic nitrogens is 4. The molecular formula is C17H24N6O2. The van der Waals surface area contributed by atoms with Gasteiger partial charge in [-0.2, -0.15) is 5.10 Å². The molecule has 0 saturated carbocycles. The number of nitrogens with one attached hydrogen (secondary N) is 1. The molecule has 8 heteroatoms. The Morgan fingerprint density at radius 2 is 2.16 bits per heavy atom. The second kappa shape index (κ2) is 8.17. The monoisotopic (exact) mass is 344 g/mol. The van der Waals surface area contributed by atoms with Crippen molar-refractivity contribution in [1.82, 2.24) is 30.0 Å². The van der Waals surface area contributed by atoms with E-state index in [4.69, 9.17) is 4.74 Å². The highest BCUT2D eigenvalue weighted by Gasteiger charge is 2.21. The number of pyridine rings is 1. The maximum atomic E-state index is 12.3. The van der Waals surface area contributed by atoms with Gasteiger partial charge < -0.3 is 10.1 Å². The summed E-state index contributed by atoms with van der Waals surface area (Å²) in [7, 11) is 0. The first-order chi connectivity index (χ1) is 12.1. The summed E-state index contributed by atoms with van der Waals surface area (Å²) in [5, 5.41) is 6.99. The second-order valence-corrected chi connectivity index (χ2v) is 6.37. The summed E-state index contributed by atoms with van der Waals surface area (Å²) in [6.45, 7) is 7.69. The van der Waals surface area contributed by atoms with Crippen molar-refractivity contribution in [3.8, 4) is 5.82 Å². The lowest BCUT2D eigenvalue weighted by Crippen LogP contribution is -2.46. The third-order valence-electron chi connectivity index (χ3n) is 4.09. The van der Waals surface area contributed by atoms with Crippen LogP contribution >= 0.6 is 0 Å². The van der Waals surface area contributed by atoms with Crippen LogP contribution in [0, 0.1) is 0 Å². The predicted molar refractivity (Wildman–Crippen MR) is 92.6 cm³/mol. The summed E-state index contributed by atoms with van der Waals surface area (Å²) in [6.07, 6.45) is 6.03. The zero-order chi connectivity index (χ0) is 17.6. The molecule has 0 aliphatic carbocycles. The van der Waals surface area contributed by atoms with Crippen LogP contribution in [0.3, 0.4) is 0 Å². The Bertz CT molecular complexity index is 680. The molecule has 0 spiro atoms. The molecule has 0 radical (unpaired) electrons. The topological polar surface area (TPSA) is 85.2 Å². The minimum atomic E-state index is -0.104. The fourth-order valence-electron chi connectivity index (χ4n) is 3.09. The molecule has 8 nitrogen and oxygen atoms in total. The number of hydrogen-bond donors (Lipinski definition) is 1. The van der Waals surface area contributed by atoms with Gasteiger partial charge >= 0.3 is 0 Å². The molecule has 1 aliphatic heterocycles. The Hall–Kier alpha value is -2.32. The molecule has 0 unspecified atom stereocenters. The van der Waals surface area contributed by atoms with Crippen LogP contribution in [0.5, 0.6) is 0 Å². The average Bonchev–Trinajstić information content (AvgIpc) is 3.12. The third kappa shape index (κ3) is 4.83. The van der Waals surface area contributed by atoms with E-state index >= 15 is 0 Å². The van der Waals surface area contributed by atoms with E-state index in [9.17, 15) is 4.79 Å². The van der Waals surface area contributed by atoms with Crippen LogP contribution < -0.4 is 5.32 Å². The van der Waals surface area contributed by atoms with Gasteiger partial charge in [-0.25, -0.2) is 14.6 Å². The van der Waals surface area contributed by atoms with Gasteiger partial charge in [0, 0.05) is 37.9 Å². The lowest BCUT2D eigenvalue weighted by atomic mass is 10.2. The molecule has 1 fully saturated rings. The van der Waals surface area contributed by atoms with Gasteiger partial charge in [-0.1, -0.05) is 0 Å². The van der Waals surface area contributed by atoms with Crippen LogP contribution in [-0.4, -0.2) is 68.9 Å². The van der Waals surface area contributed by atoms with Crippen LogP contribution in [0.15, 0.2) is 31.0 Å². The molecule has 1 saturated heterocycles. The number of nitrogens with zero attached hydrogens (tertiary/aromatic N) is 5. The molecule has 1 aliphatic rings. The summed E-state index contributed by atoms with van der Waals surface area (Å²) in [6, 6.07) is 3.40. The lowest BCUT2D eigenvalue weighted by molar-refractivity contribution is -0.0679. The van der Waals surface area contributed by atoms with Crippen LogP contribution in [0.4, 0.5) is 0 Å². The third-order valence-corrected chi connectivity index (χ3v) is 4.09. The normalized spacial score (nSPS) is 21.2. The molecule has 2 aromatic heterocycles. The van der Waals surface area contributed by atoms with E-state index in [0.29, 0.717) is 17.9 Å². The number of carbonyl (C=O) groups excluding carboxylic acids is 1. The molecule has 0 bridgehead atoms. The smallest absolute Gasteiger partial charge is 0.251 e. The first-order valence-corrected chi connectivity index (χ1v) is 8.59. The average molecular weight is 344 g/mol. The van der Waals surface area contributed by atoms with Gasteiger partial charge in [0.25, 0.3) is 5.91 Å². The molecule has 25 heavy (non-hydrogen) atoms. The van der Waals surface area contributed by atoms with Crippen LogP contribution in [0.1, 0.15) is 30.6 Å². The number of hydrogen-bond acceptors (Lipinski definition) is 6. The number of carbonyl (C=O) groups is 1. The minimum Gasteiger partial charge on any atom is -0.373 e. The molecule has 2 atom stereocenters.